The second kappa shape index (κ2) is 8.79. The van der Waals surface area contributed by atoms with Gasteiger partial charge >= 0.3 is 209 Å². The summed E-state index contributed by atoms with van der Waals surface area (Å²) in [5.74, 6) is -1.77. The van der Waals surface area contributed by atoms with Crippen molar-refractivity contribution in [1.82, 2.24) is 0 Å². The van der Waals surface area contributed by atoms with Crippen LogP contribution in [0.25, 0.3) is 12.2 Å². The first kappa shape index (κ1) is 23.5. The van der Waals surface area contributed by atoms with E-state index in [1.165, 1.54) is 38.6 Å². The topological polar surface area (TPSA) is 0 Å². The molecule has 0 heterocycles. The molecule has 0 N–H and O–H groups in total. The maximum absolute atomic E-state index is 8.46. The van der Waals surface area contributed by atoms with Crippen molar-refractivity contribution in [2.75, 3.05) is 0 Å². The third-order valence-corrected chi connectivity index (χ3v) is 74.1. The molecule has 0 saturated carbocycles. The van der Waals surface area contributed by atoms with E-state index in [9.17, 15) is 0 Å². The predicted molar refractivity (Wildman–Crippen MR) is 146 cm³/mol. The van der Waals surface area contributed by atoms with Crippen molar-refractivity contribution < 1.29 is 15.3 Å². The Morgan fingerprint density at radius 1 is 0.667 bits per heavy atom. The number of fused-ring (bicyclic) bond motifs is 2. The van der Waals surface area contributed by atoms with E-state index in [1.54, 1.807) is 0 Å². The monoisotopic (exact) mass is 657 g/mol. The average molecular weight is 657 g/mol. The van der Waals surface area contributed by atoms with Crippen LogP contribution >= 0.6 is 17.2 Å². The zero-order chi connectivity index (χ0) is 23.2. The molecule has 3 aromatic rings. The first-order valence-corrected chi connectivity index (χ1v) is 33.7. The van der Waals surface area contributed by atoms with Crippen LogP contribution in [-0.4, -0.2) is 5.98 Å². The molecule has 169 valence electrons. The fourth-order valence-corrected chi connectivity index (χ4v) is 64.2. The molecular weight excluding hydrogens is 626 g/mol. The van der Waals surface area contributed by atoms with Gasteiger partial charge in [0.05, 0.1) is 0 Å². The Morgan fingerprint density at radius 2 is 1.09 bits per heavy atom. The second-order valence-corrected chi connectivity index (χ2v) is 65.6. The Hall–Kier alpha value is -1.19. The van der Waals surface area contributed by atoms with Gasteiger partial charge in [-0.15, -0.1) is 0 Å². The average Bonchev–Trinajstić information content (AvgIpc) is 3.43. The van der Waals surface area contributed by atoms with Crippen LogP contribution in [0.2, 0.25) is 6.55 Å². The van der Waals surface area contributed by atoms with Crippen molar-refractivity contribution in [3.8, 4) is 0 Å². The van der Waals surface area contributed by atoms with E-state index < -0.39 is 21.3 Å². The van der Waals surface area contributed by atoms with E-state index in [1.807, 2.05) is 0 Å². The van der Waals surface area contributed by atoms with Gasteiger partial charge in [0.1, 0.15) is 0 Å². The van der Waals surface area contributed by atoms with Crippen molar-refractivity contribution in [1.29, 1.82) is 0 Å². The fraction of sp³-hybridized carbons (Fsp3) is 0.241. The van der Waals surface area contributed by atoms with Crippen molar-refractivity contribution >= 4 is 40.5 Å². The summed E-state index contributed by atoms with van der Waals surface area (Å²) in [5, 5.41) is 1.40. The summed E-state index contributed by atoms with van der Waals surface area (Å²) in [6.07, 6.45) is 6.76. The Morgan fingerprint density at radius 3 is 1.55 bits per heavy atom. The van der Waals surface area contributed by atoms with E-state index in [4.69, 9.17) is 17.2 Å². The van der Waals surface area contributed by atoms with Crippen molar-refractivity contribution in [3.05, 3.63) is 112 Å². The molecule has 3 unspecified atom stereocenters. The molecule has 33 heavy (non-hydrogen) atoms. The van der Waals surface area contributed by atoms with E-state index in [0.717, 1.165) is 12.8 Å². The number of allylic oxidation sites excluding steroid dienone is 2. The Labute approximate surface area is 207 Å². The van der Waals surface area contributed by atoms with Crippen LogP contribution in [0.5, 0.6) is 0 Å². The third-order valence-electron chi connectivity index (χ3n) is 8.08. The molecule has 3 aromatic carbocycles. The van der Waals surface area contributed by atoms with Gasteiger partial charge in [-0.05, 0) is 0 Å². The van der Waals surface area contributed by atoms with Crippen LogP contribution in [0.15, 0.2) is 90.0 Å². The number of halogens is 2. The SMILES string of the molecule is CCC1=Cc2ccccc2[CH]1[Hf]([Cl])([Cl])([CH]1C(CC)=Cc2ccccc21)[SiH](C)c1ccccc1. The summed E-state index contributed by atoms with van der Waals surface area (Å²) in [5.41, 5.74) is 8.23. The molecule has 2 aliphatic carbocycles. The van der Waals surface area contributed by atoms with Crippen LogP contribution in [-0.2, 0) is 15.3 Å². The third kappa shape index (κ3) is 3.55. The number of hydrogen-bond acceptors (Lipinski definition) is 0. The molecule has 0 spiro atoms. The zero-order valence-electron chi connectivity index (χ0n) is 19.6. The Balaban J connectivity index is 1.83. The summed E-state index contributed by atoms with van der Waals surface area (Å²) >= 11 is -4.88. The number of rotatable bonds is 6. The van der Waals surface area contributed by atoms with Crippen molar-refractivity contribution in [2.24, 2.45) is 0 Å². The molecular formula is C29H31Cl2HfSi. The van der Waals surface area contributed by atoms with Crippen molar-refractivity contribution in [2.45, 2.75) is 40.6 Å². The standard InChI is InChI=1S/2C11H11.C7H9Si.2ClH.Hf/c2*1-2-9-7-10-5-3-4-6-11(10)8-9;1-8-7-5-3-2-4-6-7;;;/h2*3-8H,2H2,1H3;2-6,8H,1H3;2*1H;/q;;;;;+2/p-2. The van der Waals surface area contributed by atoms with Gasteiger partial charge in [0.15, 0.2) is 0 Å². The molecule has 0 saturated heterocycles. The van der Waals surface area contributed by atoms with E-state index in [0.29, 0.717) is 0 Å². The van der Waals surface area contributed by atoms with Gasteiger partial charge in [0.25, 0.3) is 0 Å². The van der Waals surface area contributed by atoms with Crippen LogP contribution in [0.4, 0.5) is 0 Å². The molecule has 0 aliphatic heterocycles. The number of benzene rings is 3. The predicted octanol–water partition coefficient (Wildman–Crippen LogP) is 8.34. The first-order chi connectivity index (χ1) is 15.9. The molecule has 0 fully saturated rings. The molecule has 5 rings (SSSR count). The van der Waals surface area contributed by atoms with Crippen molar-refractivity contribution in [3.63, 3.8) is 0 Å². The van der Waals surface area contributed by atoms with E-state index in [2.05, 4.69) is 111 Å². The quantitative estimate of drug-likeness (QED) is 0.234. The van der Waals surface area contributed by atoms with E-state index in [-0.39, 0.29) is 7.35 Å². The van der Waals surface area contributed by atoms with Crippen LogP contribution < -0.4 is 5.19 Å². The maximum atomic E-state index is 8.46. The molecule has 4 heteroatoms. The molecule has 0 aromatic heterocycles. The van der Waals surface area contributed by atoms with Crippen LogP contribution in [0.3, 0.4) is 0 Å². The second-order valence-electron chi connectivity index (χ2n) is 9.63. The summed E-state index contributed by atoms with van der Waals surface area (Å²) < 4.78 is 0.332. The van der Waals surface area contributed by atoms with Crippen LogP contribution in [0, 0.1) is 0 Å². The molecule has 3 atom stereocenters. The first-order valence-electron chi connectivity index (χ1n) is 12.1. The number of hydrogen-bond donors (Lipinski definition) is 0. The van der Waals surface area contributed by atoms with Gasteiger partial charge in [0, 0.05) is 0 Å². The molecule has 2 aliphatic rings. The summed E-state index contributed by atoms with van der Waals surface area (Å²) in [7, 11) is 16.9. The summed E-state index contributed by atoms with van der Waals surface area (Å²) in [4.78, 5) is 0. The van der Waals surface area contributed by atoms with E-state index >= 15 is 0 Å². The van der Waals surface area contributed by atoms with Gasteiger partial charge in [-0.3, -0.25) is 0 Å². The minimum absolute atomic E-state index is 0.166. The Kier molecular flexibility index (Phi) is 6.27. The minimum atomic E-state index is -4.88. The molecule has 0 nitrogen and oxygen atoms in total. The summed E-state index contributed by atoms with van der Waals surface area (Å²) in [6, 6.07) is 28.6. The molecule has 0 amide bonds. The normalized spacial score (nSPS) is 21.4. The van der Waals surface area contributed by atoms with Gasteiger partial charge < -0.3 is 0 Å². The Bertz CT molecular complexity index is 1190. The molecule has 0 bridgehead atoms. The molecule has 0 radical (unpaired) electrons. The van der Waals surface area contributed by atoms with Gasteiger partial charge in [-0.1, -0.05) is 0 Å². The van der Waals surface area contributed by atoms with Gasteiger partial charge in [0.2, 0.25) is 0 Å². The van der Waals surface area contributed by atoms with Gasteiger partial charge in [-0.2, -0.15) is 0 Å². The van der Waals surface area contributed by atoms with Crippen LogP contribution in [0.1, 0.15) is 56.3 Å². The fourth-order valence-electron chi connectivity index (χ4n) is 6.42. The summed E-state index contributed by atoms with van der Waals surface area (Å²) in [6.45, 7) is 6.99. The zero-order valence-corrected chi connectivity index (χ0v) is 25.8. The van der Waals surface area contributed by atoms with Gasteiger partial charge in [-0.25, -0.2) is 0 Å².